The molecule has 9 nitrogen and oxygen atoms in total. The molecule has 3 aromatic rings. The Labute approximate surface area is 116 Å². The van der Waals surface area contributed by atoms with Crippen molar-refractivity contribution in [1.82, 2.24) is 19.4 Å². The van der Waals surface area contributed by atoms with E-state index in [1.165, 1.54) is 21.9 Å². The molecule has 10 heteroatoms. The summed E-state index contributed by atoms with van der Waals surface area (Å²) in [7, 11) is 0. The van der Waals surface area contributed by atoms with Crippen LogP contribution in [0.25, 0.3) is 4.96 Å². The Balaban J connectivity index is 1.89. The highest BCUT2D eigenvalue weighted by Gasteiger charge is 2.23. The van der Waals surface area contributed by atoms with Crippen molar-refractivity contribution in [3.05, 3.63) is 39.8 Å². The van der Waals surface area contributed by atoms with E-state index >= 15 is 0 Å². The molecule has 0 radical (unpaired) electrons. The van der Waals surface area contributed by atoms with Crippen LogP contribution >= 0.6 is 11.3 Å². The molecule has 0 aliphatic rings. The maximum atomic E-state index is 11.1. The minimum absolute atomic E-state index is 0.106. The van der Waals surface area contributed by atoms with Crippen LogP contribution in [0.4, 0.5) is 17.5 Å². The molecule has 3 aromatic heterocycles. The number of hydrogen-bond donors (Lipinski definition) is 2. The average molecular weight is 291 g/mol. The van der Waals surface area contributed by atoms with E-state index in [4.69, 9.17) is 5.73 Å². The fourth-order valence-electron chi connectivity index (χ4n) is 1.73. The summed E-state index contributed by atoms with van der Waals surface area (Å²) >= 11 is 1.32. The second-order valence-electron chi connectivity index (χ2n) is 3.85. The Morgan fingerprint density at radius 3 is 3.10 bits per heavy atom. The molecule has 0 aromatic carbocycles. The second kappa shape index (κ2) is 4.74. The Kier molecular flexibility index (Phi) is 2.91. The molecule has 3 N–H and O–H groups in total. The second-order valence-corrected chi connectivity index (χ2v) is 4.72. The van der Waals surface area contributed by atoms with E-state index in [1.807, 2.05) is 0 Å². The Hall–Kier alpha value is -2.75. The third-order valence-electron chi connectivity index (χ3n) is 2.55. The van der Waals surface area contributed by atoms with Gasteiger partial charge in [-0.1, -0.05) is 11.3 Å². The van der Waals surface area contributed by atoms with Crippen molar-refractivity contribution in [3.8, 4) is 0 Å². The summed E-state index contributed by atoms with van der Waals surface area (Å²) in [5.41, 5.74) is 5.55. The summed E-state index contributed by atoms with van der Waals surface area (Å²) in [6, 6.07) is 1.57. The van der Waals surface area contributed by atoms with Crippen molar-refractivity contribution >= 4 is 33.8 Å². The van der Waals surface area contributed by atoms with Crippen LogP contribution in [0.15, 0.2) is 23.8 Å². The topological polar surface area (TPSA) is 124 Å². The Morgan fingerprint density at radius 1 is 1.50 bits per heavy atom. The fraction of sp³-hybridized carbons (Fsp3) is 0.100. The smallest absolute Gasteiger partial charge is 0.372 e. The van der Waals surface area contributed by atoms with Crippen molar-refractivity contribution in [2.45, 2.75) is 6.54 Å². The first-order chi connectivity index (χ1) is 9.65. The molecule has 0 aliphatic heterocycles. The molecule has 3 heterocycles. The zero-order chi connectivity index (χ0) is 14.1. The number of nitrogens with two attached hydrogens (primary N) is 1. The summed E-state index contributed by atoms with van der Waals surface area (Å²) in [6.07, 6.45) is 3.13. The van der Waals surface area contributed by atoms with Gasteiger partial charge in [-0.05, 0) is 11.0 Å². The number of anilines is 2. The number of hydrogen-bond acceptors (Lipinski definition) is 8. The van der Waals surface area contributed by atoms with Gasteiger partial charge in [0.05, 0.1) is 6.54 Å². The van der Waals surface area contributed by atoms with Crippen molar-refractivity contribution in [2.24, 2.45) is 0 Å². The van der Waals surface area contributed by atoms with Gasteiger partial charge in [-0.25, -0.2) is 9.97 Å². The summed E-state index contributed by atoms with van der Waals surface area (Å²) < 4.78 is 1.42. The molecule has 0 saturated carbocycles. The van der Waals surface area contributed by atoms with Crippen molar-refractivity contribution in [2.75, 3.05) is 11.1 Å². The lowest BCUT2D eigenvalue weighted by Gasteiger charge is -2.02. The summed E-state index contributed by atoms with van der Waals surface area (Å²) in [6.45, 7) is 0.205. The quantitative estimate of drug-likeness (QED) is 0.548. The zero-order valence-corrected chi connectivity index (χ0v) is 10.9. The van der Waals surface area contributed by atoms with Crippen LogP contribution in [0.3, 0.4) is 0 Å². The van der Waals surface area contributed by atoms with Gasteiger partial charge >= 0.3 is 5.82 Å². The normalized spacial score (nSPS) is 10.8. The average Bonchev–Trinajstić information content (AvgIpc) is 2.95. The predicted molar refractivity (Wildman–Crippen MR) is 73.5 cm³/mol. The maximum absolute atomic E-state index is 11.1. The van der Waals surface area contributed by atoms with E-state index in [2.05, 4.69) is 20.3 Å². The summed E-state index contributed by atoms with van der Waals surface area (Å²) in [4.78, 5) is 23.4. The zero-order valence-electron chi connectivity index (χ0n) is 10.1. The monoisotopic (exact) mass is 291 g/mol. The van der Waals surface area contributed by atoms with E-state index in [1.54, 1.807) is 17.6 Å². The Bertz CT molecular complexity index is 781. The van der Waals surface area contributed by atoms with Crippen LogP contribution in [-0.4, -0.2) is 24.3 Å². The standard InChI is InChI=1S/C10H9N7O2S/c11-6-1-2-12-7(14-6)5-13-8-9(17(18)19)16-3-4-20-10(16)15-8/h1-4,13H,5H2,(H2,11,12,14). The summed E-state index contributed by atoms with van der Waals surface area (Å²) in [5.74, 6) is 0.866. The lowest BCUT2D eigenvalue weighted by Crippen LogP contribution is -2.07. The van der Waals surface area contributed by atoms with Crippen molar-refractivity contribution in [1.29, 1.82) is 0 Å². The first-order valence-corrected chi connectivity index (χ1v) is 6.44. The number of rotatable bonds is 4. The molecule has 20 heavy (non-hydrogen) atoms. The summed E-state index contributed by atoms with van der Waals surface area (Å²) in [5, 5.41) is 15.7. The lowest BCUT2D eigenvalue weighted by molar-refractivity contribution is -0.389. The molecule has 3 rings (SSSR count). The molecule has 0 unspecified atom stereocenters. The van der Waals surface area contributed by atoms with Crippen LogP contribution in [0.5, 0.6) is 0 Å². The third kappa shape index (κ3) is 2.12. The SMILES string of the molecule is Nc1ccnc(CNc2nc3sccn3c2[N+](=O)[O-])n1. The predicted octanol–water partition coefficient (Wildman–Crippen LogP) is 1.29. The van der Waals surface area contributed by atoms with Crippen molar-refractivity contribution in [3.63, 3.8) is 0 Å². The highest BCUT2D eigenvalue weighted by molar-refractivity contribution is 7.15. The number of aromatic nitrogens is 4. The first-order valence-electron chi connectivity index (χ1n) is 5.56. The highest BCUT2D eigenvalue weighted by Crippen LogP contribution is 2.28. The van der Waals surface area contributed by atoms with Gasteiger partial charge in [-0.3, -0.25) is 0 Å². The van der Waals surface area contributed by atoms with Gasteiger partial charge in [-0.15, -0.1) is 0 Å². The third-order valence-corrected chi connectivity index (χ3v) is 3.31. The van der Waals surface area contributed by atoms with E-state index in [-0.39, 0.29) is 18.2 Å². The number of nitrogen functional groups attached to an aromatic ring is 1. The molecule has 0 fully saturated rings. The molecular formula is C10H9N7O2S. The van der Waals surface area contributed by atoms with Crippen LogP contribution in [0.2, 0.25) is 0 Å². The van der Waals surface area contributed by atoms with E-state index in [0.717, 1.165) is 0 Å². The van der Waals surface area contributed by atoms with Crippen molar-refractivity contribution < 1.29 is 4.92 Å². The number of nitrogens with zero attached hydrogens (tertiary/aromatic N) is 5. The minimum Gasteiger partial charge on any atom is -0.384 e. The van der Waals surface area contributed by atoms with Gasteiger partial charge in [0, 0.05) is 11.6 Å². The number of nitro groups is 1. The van der Waals surface area contributed by atoms with E-state index < -0.39 is 4.92 Å². The first kappa shape index (κ1) is 12.3. The highest BCUT2D eigenvalue weighted by atomic mass is 32.1. The van der Waals surface area contributed by atoms with Crippen LogP contribution in [0.1, 0.15) is 5.82 Å². The van der Waals surface area contributed by atoms with Gasteiger partial charge in [-0.2, -0.15) is 9.38 Å². The molecule has 0 amide bonds. The van der Waals surface area contributed by atoms with Gasteiger partial charge in [0.25, 0.3) is 4.96 Å². The fourth-order valence-corrected chi connectivity index (χ4v) is 2.44. The van der Waals surface area contributed by atoms with Crippen LogP contribution in [-0.2, 0) is 6.54 Å². The lowest BCUT2D eigenvalue weighted by atomic mass is 10.5. The molecule has 0 atom stereocenters. The van der Waals surface area contributed by atoms with Gasteiger partial charge in [0.15, 0.2) is 0 Å². The molecule has 0 bridgehead atoms. The minimum atomic E-state index is -0.477. The number of imidazole rings is 1. The molecule has 102 valence electrons. The maximum Gasteiger partial charge on any atom is 0.372 e. The van der Waals surface area contributed by atoms with Gasteiger partial charge < -0.3 is 21.2 Å². The van der Waals surface area contributed by atoms with E-state index in [9.17, 15) is 10.1 Å². The number of fused-ring (bicyclic) bond motifs is 1. The largest absolute Gasteiger partial charge is 0.384 e. The van der Waals surface area contributed by atoms with E-state index in [0.29, 0.717) is 16.6 Å². The number of thiazole rings is 1. The molecule has 0 saturated heterocycles. The molecular weight excluding hydrogens is 282 g/mol. The van der Waals surface area contributed by atoms with Crippen LogP contribution < -0.4 is 11.1 Å². The van der Waals surface area contributed by atoms with Gasteiger partial charge in [0.1, 0.15) is 17.8 Å². The van der Waals surface area contributed by atoms with Crippen LogP contribution in [0, 0.1) is 10.1 Å². The molecule has 0 aliphatic carbocycles. The molecule has 0 spiro atoms. The number of nitrogens with one attached hydrogen (secondary N) is 1. The Morgan fingerprint density at radius 2 is 2.35 bits per heavy atom. The van der Waals surface area contributed by atoms with Gasteiger partial charge in [0.2, 0.25) is 5.82 Å².